The molecule has 0 aromatic heterocycles. The van der Waals surface area contributed by atoms with Crippen LogP contribution in [0.3, 0.4) is 0 Å². The van der Waals surface area contributed by atoms with Crippen LogP contribution in [0.2, 0.25) is 0 Å². The second-order valence-electron chi connectivity index (χ2n) is 5.28. The molecule has 5 nitrogen and oxygen atoms in total. The molecule has 122 valence electrons. The summed E-state index contributed by atoms with van der Waals surface area (Å²) in [5.41, 5.74) is 3.11. The number of hydrogen-bond donors (Lipinski definition) is 1. The second-order valence-corrected chi connectivity index (χ2v) is 5.28. The van der Waals surface area contributed by atoms with Gasteiger partial charge in [0.05, 0.1) is 0 Å². The molecule has 0 saturated carbocycles. The van der Waals surface area contributed by atoms with Crippen molar-refractivity contribution < 1.29 is 19.1 Å². The topological polar surface area (TPSA) is 64.6 Å². The quantitative estimate of drug-likeness (QED) is 0.669. The van der Waals surface area contributed by atoms with Crippen molar-refractivity contribution in [1.29, 1.82) is 0 Å². The van der Waals surface area contributed by atoms with Gasteiger partial charge in [0.25, 0.3) is 0 Å². The molecule has 1 saturated heterocycles. The summed E-state index contributed by atoms with van der Waals surface area (Å²) in [7, 11) is 0. The van der Waals surface area contributed by atoms with Gasteiger partial charge < -0.3 is 14.8 Å². The molecule has 0 aliphatic carbocycles. The predicted octanol–water partition coefficient (Wildman–Crippen LogP) is 3.21. The SMILES string of the molecule is CC=CC(=CC)c1ccc(COC(=O)NC2C(=O)OC2C)cc1. The third-order valence-corrected chi connectivity index (χ3v) is 3.61. The Morgan fingerprint density at radius 2 is 2.00 bits per heavy atom. The molecule has 2 atom stereocenters. The Kier molecular flexibility index (Phi) is 5.57. The van der Waals surface area contributed by atoms with Crippen LogP contribution in [0, 0.1) is 0 Å². The molecule has 1 aromatic carbocycles. The van der Waals surface area contributed by atoms with Crippen LogP contribution >= 0.6 is 0 Å². The van der Waals surface area contributed by atoms with E-state index in [1.807, 2.05) is 56.3 Å². The Hall–Kier alpha value is -2.56. The van der Waals surface area contributed by atoms with E-state index >= 15 is 0 Å². The smallest absolute Gasteiger partial charge is 0.408 e. The van der Waals surface area contributed by atoms with Crippen molar-refractivity contribution in [1.82, 2.24) is 5.32 Å². The Labute approximate surface area is 136 Å². The number of cyclic esters (lactones) is 1. The van der Waals surface area contributed by atoms with E-state index in [4.69, 9.17) is 9.47 Å². The van der Waals surface area contributed by atoms with Gasteiger partial charge in [-0.2, -0.15) is 0 Å². The van der Waals surface area contributed by atoms with Gasteiger partial charge in [0.15, 0.2) is 6.04 Å². The summed E-state index contributed by atoms with van der Waals surface area (Å²) < 4.78 is 9.88. The average molecular weight is 315 g/mol. The molecule has 23 heavy (non-hydrogen) atoms. The number of alkyl carbamates (subject to hydrolysis) is 1. The number of amides is 1. The largest absolute Gasteiger partial charge is 0.458 e. The number of allylic oxidation sites excluding steroid dienone is 4. The molecule has 2 rings (SSSR count). The summed E-state index contributed by atoms with van der Waals surface area (Å²) in [5, 5.41) is 2.49. The Balaban J connectivity index is 1.86. The molecule has 0 spiro atoms. The van der Waals surface area contributed by atoms with Gasteiger partial charge in [0.2, 0.25) is 0 Å². The maximum absolute atomic E-state index is 11.7. The first kappa shape index (κ1) is 16.8. The highest BCUT2D eigenvalue weighted by molar-refractivity contribution is 5.86. The number of ether oxygens (including phenoxy) is 2. The van der Waals surface area contributed by atoms with Crippen molar-refractivity contribution >= 4 is 17.6 Å². The van der Waals surface area contributed by atoms with E-state index in [1.165, 1.54) is 0 Å². The van der Waals surface area contributed by atoms with E-state index < -0.39 is 18.1 Å². The van der Waals surface area contributed by atoms with Crippen LogP contribution in [-0.4, -0.2) is 24.2 Å². The predicted molar refractivity (Wildman–Crippen MR) is 87.6 cm³/mol. The normalized spacial score (nSPS) is 20.8. The molecular weight excluding hydrogens is 294 g/mol. The summed E-state index contributed by atoms with van der Waals surface area (Å²) in [4.78, 5) is 22.8. The minimum Gasteiger partial charge on any atom is -0.458 e. The van der Waals surface area contributed by atoms with Gasteiger partial charge in [-0.05, 0) is 37.5 Å². The van der Waals surface area contributed by atoms with Crippen molar-refractivity contribution in [3.63, 3.8) is 0 Å². The fourth-order valence-corrected chi connectivity index (χ4v) is 2.27. The third-order valence-electron chi connectivity index (χ3n) is 3.61. The molecule has 1 amide bonds. The molecule has 0 bridgehead atoms. The minimum atomic E-state index is -0.620. The number of esters is 1. The summed E-state index contributed by atoms with van der Waals surface area (Å²) in [5.74, 6) is -0.429. The highest BCUT2D eigenvalue weighted by Gasteiger charge is 2.40. The van der Waals surface area contributed by atoms with Crippen molar-refractivity contribution in [3.8, 4) is 0 Å². The van der Waals surface area contributed by atoms with E-state index in [0.29, 0.717) is 0 Å². The maximum Gasteiger partial charge on any atom is 0.408 e. The number of hydrogen-bond acceptors (Lipinski definition) is 4. The first-order valence-electron chi connectivity index (χ1n) is 7.57. The van der Waals surface area contributed by atoms with E-state index in [1.54, 1.807) is 6.92 Å². The van der Waals surface area contributed by atoms with Gasteiger partial charge >= 0.3 is 12.1 Å². The summed E-state index contributed by atoms with van der Waals surface area (Å²) in [6, 6.07) is 7.18. The molecule has 0 radical (unpaired) electrons. The van der Waals surface area contributed by atoms with Crippen molar-refractivity contribution in [2.45, 2.75) is 39.5 Å². The van der Waals surface area contributed by atoms with Crippen LogP contribution in [0.5, 0.6) is 0 Å². The molecule has 1 N–H and O–H groups in total. The van der Waals surface area contributed by atoms with Crippen LogP contribution in [-0.2, 0) is 20.9 Å². The van der Waals surface area contributed by atoms with Crippen molar-refractivity contribution in [2.24, 2.45) is 0 Å². The van der Waals surface area contributed by atoms with Gasteiger partial charge in [0.1, 0.15) is 12.7 Å². The van der Waals surface area contributed by atoms with E-state index in [9.17, 15) is 9.59 Å². The number of carbonyl (C=O) groups excluding carboxylic acids is 2. The minimum absolute atomic E-state index is 0.150. The van der Waals surface area contributed by atoms with Crippen LogP contribution in [0.25, 0.3) is 5.57 Å². The van der Waals surface area contributed by atoms with Crippen molar-refractivity contribution in [2.75, 3.05) is 0 Å². The van der Waals surface area contributed by atoms with E-state index in [2.05, 4.69) is 5.32 Å². The number of benzene rings is 1. The second kappa shape index (κ2) is 7.63. The highest BCUT2D eigenvalue weighted by atomic mass is 16.6. The lowest BCUT2D eigenvalue weighted by atomic mass is 10.0. The molecular formula is C18H21NO4. The summed E-state index contributed by atoms with van der Waals surface area (Å²) in [6.45, 7) is 5.83. The van der Waals surface area contributed by atoms with Crippen LogP contribution in [0.4, 0.5) is 4.79 Å². The van der Waals surface area contributed by atoms with E-state index in [0.717, 1.165) is 16.7 Å². The number of carbonyl (C=O) groups is 2. The van der Waals surface area contributed by atoms with Crippen LogP contribution in [0.1, 0.15) is 31.9 Å². The first-order chi connectivity index (χ1) is 11.0. The zero-order valence-corrected chi connectivity index (χ0v) is 13.5. The monoisotopic (exact) mass is 315 g/mol. The maximum atomic E-state index is 11.7. The summed E-state index contributed by atoms with van der Waals surface area (Å²) in [6.07, 6.45) is 5.14. The molecule has 1 fully saturated rings. The zero-order valence-electron chi connectivity index (χ0n) is 13.5. The van der Waals surface area contributed by atoms with Gasteiger partial charge in [-0.25, -0.2) is 9.59 Å². The highest BCUT2D eigenvalue weighted by Crippen LogP contribution is 2.17. The molecule has 1 aromatic rings. The van der Waals surface area contributed by atoms with Crippen LogP contribution < -0.4 is 5.32 Å². The average Bonchev–Trinajstić information content (AvgIpc) is 2.56. The fourth-order valence-electron chi connectivity index (χ4n) is 2.27. The van der Waals surface area contributed by atoms with Gasteiger partial charge in [-0.3, -0.25) is 0 Å². The number of rotatable bonds is 5. The first-order valence-corrected chi connectivity index (χ1v) is 7.57. The standard InChI is InChI=1S/C18H21NO4/c1-4-6-14(5-2)15-9-7-13(8-10-15)11-22-18(21)19-16-12(3)23-17(16)20/h4-10,12,16H,11H2,1-3H3,(H,19,21). The van der Waals surface area contributed by atoms with Gasteiger partial charge in [-0.15, -0.1) is 0 Å². The molecule has 5 heteroatoms. The lowest BCUT2D eigenvalue weighted by Crippen LogP contribution is -2.58. The Bertz CT molecular complexity index is 631. The Morgan fingerprint density at radius 1 is 1.30 bits per heavy atom. The lowest BCUT2D eigenvalue weighted by Gasteiger charge is -2.32. The van der Waals surface area contributed by atoms with Crippen molar-refractivity contribution in [3.05, 3.63) is 53.6 Å². The number of nitrogens with one attached hydrogen (secondary N) is 1. The molecule has 1 aliphatic rings. The lowest BCUT2D eigenvalue weighted by molar-refractivity contribution is -0.174. The zero-order chi connectivity index (χ0) is 16.8. The fraction of sp³-hybridized carbons (Fsp3) is 0.333. The van der Waals surface area contributed by atoms with Crippen LogP contribution in [0.15, 0.2) is 42.5 Å². The van der Waals surface area contributed by atoms with Gasteiger partial charge in [0, 0.05) is 0 Å². The van der Waals surface area contributed by atoms with E-state index in [-0.39, 0.29) is 12.7 Å². The van der Waals surface area contributed by atoms with Gasteiger partial charge in [-0.1, -0.05) is 42.5 Å². The molecule has 2 unspecified atom stereocenters. The molecule has 1 heterocycles. The third kappa shape index (κ3) is 4.22. The molecule has 1 aliphatic heterocycles. The Morgan fingerprint density at radius 3 is 2.52 bits per heavy atom. The summed E-state index contributed by atoms with van der Waals surface area (Å²) >= 11 is 0.